The van der Waals surface area contributed by atoms with E-state index in [0.717, 1.165) is 12.0 Å². The number of carbonyl (C=O) groups excluding carboxylic acids is 2. The second-order valence-corrected chi connectivity index (χ2v) is 6.21. The molecule has 26 heavy (non-hydrogen) atoms. The first-order valence-electron chi connectivity index (χ1n) is 8.79. The summed E-state index contributed by atoms with van der Waals surface area (Å²) in [4.78, 5) is 32.9. The van der Waals surface area contributed by atoms with Crippen LogP contribution in [0.3, 0.4) is 0 Å². The van der Waals surface area contributed by atoms with E-state index in [1.54, 1.807) is 41.4 Å². The van der Waals surface area contributed by atoms with Crippen molar-refractivity contribution in [1.29, 1.82) is 0 Å². The molecule has 1 aromatic heterocycles. The molecular weight excluding hydrogens is 330 g/mol. The SMILES string of the molecule is CCc1ccc(OC)c(C(=O)N2CCN(C(=O)c3ccncc3)CC2)c1. The van der Waals surface area contributed by atoms with Gasteiger partial charge in [-0.2, -0.15) is 0 Å². The summed E-state index contributed by atoms with van der Waals surface area (Å²) in [5, 5.41) is 0. The van der Waals surface area contributed by atoms with Gasteiger partial charge in [-0.05, 0) is 36.2 Å². The van der Waals surface area contributed by atoms with Gasteiger partial charge in [0, 0.05) is 44.1 Å². The molecule has 2 aromatic rings. The molecule has 1 fully saturated rings. The van der Waals surface area contributed by atoms with Crippen molar-refractivity contribution in [3.8, 4) is 5.75 Å². The first-order chi connectivity index (χ1) is 12.6. The number of aryl methyl sites for hydroxylation is 1. The molecule has 0 aliphatic carbocycles. The second kappa shape index (κ2) is 7.99. The molecule has 0 unspecified atom stereocenters. The average molecular weight is 353 g/mol. The van der Waals surface area contributed by atoms with Gasteiger partial charge in [0.15, 0.2) is 0 Å². The smallest absolute Gasteiger partial charge is 0.257 e. The van der Waals surface area contributed by atoms with Crippen molar-refractivity contribution in [2.24, 2.45) is 0 Å². The average Bonchev–Trinajstić information content (AvgIpc) is 2.73. The van der Waals surface area contributed by atoms with E-state index in [2.05, 4.69) is 11.9 Å². The Bertz CT molecular complexity index is 784. The van der Waals surface area contributed by atoms with Crippen molar-refractivity contribution in [2.75, 3.05) is 33.3 Å². The molecule has 3 rings (SSSR count). The normalized spacial score (nSPS) is 14.2. The summed E-state index contributed by atoms with van der Waals surface area (Å²) in [6.07, 6.45) is 4.08. The highest BCUT2D eigenvalue weighted by Gasteiger charge is 2.27. The first kappa shape index (κ1) is 17.9. The molecular formula is C20H23N3O3. The van der Waals surface area contributed by atoms with Crippen LogP contribution >= 0.6 is 0 Å². The van der Waals surface area contributed by atoms with Crippen molar-refractivity contribution in [2.45, 2.75) is 13.3 Å². The number of rotatable bonds is 4. The lowest BCUT2D eigenvalue weighted by Crippen LogP contribution is -2.50. The van der Waals surface area contributed by atoms with Crippen LogP contribution in [0, 0.1) is 0 Å². The van der Waals surface area contributed by atoms with Crippen LogP contribution in [-0.4, -0.2) is 59.9 Å². The first-order valence-corrected chi connectivity index (χ1v) is 8.79. The number of methoxy groups -OCH3 is 1. The lowest BCUT2D eigenvalue weighted by Gasteiger charge is -2.35. The van der Waals surface area contributed by atoms with E-state index in [9.17, 15) is 9.59 Å². The third kappa shape index (κ3) is 3.69. The van der Waals surface area contributed by atoms with E-state index in [0.29, 0.717) is 43.1 Å². The highest BCUT2D eigenvalue weighted by Crippen LogP contribution is 2.23. The molecule has 0 saturated carbocycles. The summed E-state index contributed by atoms with van der Waals surface area (Å²) in [5.74, 6) is 0.515. The van der Waals surface area contributed by atoms with E-state index in [-0.39, 0.29) is 11.8 Å². The van der Waals surface area contributed by atoms with E-state index < -0.39 is 0 Å². The van der Waals surface area contributed by atoms with Crippen molar-refractivity contribution >= 4 is 11.8 Å². The Balaban J connectivity index is 1.68. The predicted molar refractivity (Wildman–Crippen MR) is 98.4 cm³/mol. The van der Waals surface area contributed by atoms with Gasteiger partial charge in [0.05, 0.1) is 12.7 Å². The largest absolute Gasteiger partial charge is 0.496 e. The van der Waals surface area contributed by atoms with Crippen molar-refractivity contribution in [3.05, 3.63) is 59.4 Å². The van der Waals surface area contributed by atoms with Crippen molar-refractivity contribution < 1.29 is 14.3 Å². The minimum Gasteiger partial charge on any atom is -0.496 e. The number of pyridine rings is 1. The molecule has 0 radical (unpaired) electrons. The van der Waals surface area contributed by atoms with Gasteiger partial charge >= 0.3 is 0 Å². The maximum atomic E-state index is 12.9. The molecule has 2 heterocycles. The molecule has 6 heteroatoms. The maximum Gasteiger partial charge on any atom is 0.257 e. The van der Waals surface area contributed by atoms with Gasteiger partial charge in [0.1, 0.15) is 5.75 Å². The van der Waals surface area contributed by atoms with Gasteiger partial charge in [-0.15, -0.1) is 0 Å². The molecule has 136 valence electrons. The minimum absolute atomic E-state index is 0.0231. The Morgan fingerprint density at radius 1 is 1.00 bits per heavy atom. The fourth-order valence-electron chi connectivity index (χ4n) is 3.10. The summed E-state index contributed by atoms with van der Waals surface area (Å²) in [7, 11) is 1.57. The lowest BCUT2D eigenvalue weighted by atomic mass is 10.1. The molecule has 0 atom stereocenters. The fourth-order valence-corrected chi connectivity index (χ4v) is 3.10. The second-order valence-electron chi connectivity index (χ2n) is 6.21. The maximum absolute atomic E-state index is 12.9. The van der Waals surface area contributed by atoms with Crippen LogP contribution < -0.4 is 4.74 Å². The minimum atomic E-state index is -0.0480. The Morgan fingerprint density at radius 3 is 2.19 bits per heavy atom. The van der Waals surface area contributed by atoms with Crippen LogP contribution in [0.4, 0.5) is 0 Å². The van der Waals surface area contributed by atoms with Crippen LogP contribution in [0.1, 0.15) is 33.2 Å². The van der Waals surface area contributed by atoms with Crippen molar-refractivity contribution in [3.63, 3.8) is 0 Å². The zero-order chi connectivity index (χ0) is 18.5. The summed E-state index contributed by atoms with van der Waals surface area (Å²) >= 11 is 0. The molecule has 1 aliphatic heterocycles. The molecule has 0 N–H and O–H groups in total. The highest BCUT2D eigenvalue weighted by atomic mass is 16.5. The molecule has 1 aromatic carbocycles. The van der Waals surface area contributed by atoms with E-state index in [4.69, 9.17) is 4.74 Å². The Hall–Kier alpha value is -2.89. The zero-order valence-electron chi connectivity index (χ0n) is 15.1. The lowest BCUT2D eigenvalue weighted by molar-refractivity contribution is 0.0533. The number of nitrogens with zero attached hydrogens (tertiary/aromatic N) is 3. The van der Waals surface area contributed by atoms with E-state index >= 15 is 0 Å². The Morgan fingerprint density at radius 2 is 1.62 bits per heavy atom. The summed E-state index contributed by atoms with van der Waals surface area (Å²) in [6, 6.07) is 9.13. The molecule has 2 amide bonds. The molecule has 1 saturated heterocycles. The number of hydrogen-bond acceptors (Lipinski definition) is 4. The topological polar surface area (TPSA) is 62.7 Å². The molecule has 0 spiro atoms. The Kier molecular flexibility index (Phi) is 5.51. The number of ether oxygens (including phenoxy) is 1. The zero-order valence-corrected chi connectivity index (χ0v) is 15.1. The van der Waals surface area contributed by atoms with Gasteiger partial charge in [0.2, 0.25) is 0 Å². The van der Waals surface area contributed by atoms with Gasteiger partial charge in [0.25, 0.3) is 11.8 Å². The van der Waals surface area contributed by atoms with E-state index in [1.165, 1.54) is 0 Å². The highest BCUT2D eigenvalue weighted by molar-refractivity contribution is 5.98. The number of amides is 2. The summed E-state index contributed by atoms with van der Waals surface area (Å²) < 4.78 is 5.36. The predicted octanol–water partition coefficient (Wildman–Crippen LogP) is 2.25. The van der Waals surface area contributed by atoms with Crippen LogP contribution in [0.25, 0.3) is 0 Å². The number of piperazine rings is 1. The molecule has 1 aliphatic rings. The third-order valence-electron chi connectivity index (χ3n) is 4.68. The molecule has 6 nitrogen and oxygen atoms in total. The van der Waals surface area contributed by atoms with Crippen LogP contribution in [0.5, 0.6) is 5.75 Å². The number of aromatic nitrogens is 1. The third-order valence-corrected chi connectivity index (χ3v) is 4.68. The standard InChI is InChI=1S/C20H23N3O3/c1-3-15-4-5-18(26-2)17(14-15)20(25)23-12-10-22(11-13-23)19(24)16-6-8-21-9-7-16/h4-9,14H,3,10-13H2,1-2H3. The monoisotopic (exact) mass is 353 g/mol. The summed E-state index contributed by atoms with van der Waals surface area (Å²) in [6.45, 7) is 4.11. The quantitative estimate of drug-likeness (QED) is 0.846. The number of hydrogen-bond donors (Lipinski definition) is 0. The van der Waals surface area contributed by atoms with Gasteiger partial charge in [-0.25, -0.2) is 0 Å². The number of benzene rings is 1. The summed E-state index contributed by atoms with van der Waals surface area (Å²) in [5.41, 5.74) is 2.30. The Labute approximate surface area is 153 Å². The van der Waals surface area contributed by atoms with Gasteiger partial charge in [-0.3, -0.25) is 14.6 Å². The molecule has 0 bridgehead atoms. The van der Waals surface area contributed by atoms with Crippen LogP contribution in [0.2, 0.25) is 0 Å². The van der Waals surface area contributed by atoms with Crippen LogP contribution in [-0.2, 0) is 6.42 Å². The van der Waals surface area contributed by atoms with Gasteiger partial charge in [-0.1, -0.05) is 13.0 Å². The van der Waals surface area contributed by atoms with Gasteiger partial charge < -0.3 is 14.5 Å². The van der Waals surface area contributed by atoms with E-state index in [1.807, 2.05) is 18.2 Å². The van der Waals surface area contributed by atoms with Crippen LogP contribution in [0.15, 0.2) is 42.7 Å². The fraction of sp³-hybridized carbons (Fsp3) is 0.350. The number of carbonyl (C=O) groups is 2. The van der Waals surface area contributed by atoms with Crippen molar-refractivity contribution in [1.82, 2.24) is 14.8 Å².